The molecule has 1 N–H and O–H groups in total. The summed E-state index contributed by atoms with van der Waals surface area (Å²) < 4.78 is 11.8. The Kier molecular flexibility index (Phi) is 7.71. The Morgan fingerprint density at radius 3 is 2.79 bits per heavy atom. The van der Waals surface area contributed by atoms with E-state index in [2.05, 4.69) is 4.90 Å². The van der Waals surface area contributed by atoms with Gasteiger partial charge in [0.15, 0.2) is 0 Å². The number of β-amino-alcohol motifs (C(OH)–C–C–N with tert-alkyl or cyclic N) is 1. The maximum absolute atomic E-state index is 10.6. The van der Waals surface area contributed by atoms with Crippen LogP contribution in [0.15, 0.2) is 48.5 Å². The molecule has 3 rings (SSSR count). The topological polar surface area (TPSA) is 59.0 Å². The number of ether oxygens (including phenoxy) is 2. The molecule has 28 heavy (non-hydrogen) atoms. The lowest BCUT2D eigenvalue weighted by atomic mass is 10.1. The molecule has 6 heteroatoms. The molecular formula is C22H26ClNO4. The number of rotatable bonds is 10. The van der Waals surface area contributed by atoms with E-state index in [1.807, 2.05) is 48.5 Å². The highest BCUT2D eigenvalue weighted by Crippen LogP contribution is 2.22. The number of hydrogen-bond acceptors (Lipinski definition) is 5. The van der Waals surface area contributed by atoms with Gasteiger partial charge in [0.05, 0.1) is 0 Å². The van der Waals surface area contributed by atoms with E-state index in [0.717, 1.165) is 42.9 Å². The van der Waals surface area contributed by atoms with Crippen molar-refractivity contribution in [3.05, 3.63) is 59.1 Å². The predicted octanol–water partition coefficient (Wildman–Crippen LogP) is 3.36. The second kappa shape index (κ2) is 10.5. The number of carbonyl (C=O) groups excluding carboxylic acids is 1. The van der Waals surface area contributed by atoms with Gasteiger partial charge < -0.3 is 19.4 Å². The highest BCUT2D eigenvalue weighted by molar-refractivity contribution is 6.30. The average Bonchev–Trinajstić information content (AvgIpc) is 3.14. The van der Waals surface area contributed by atoms with Crippen LogP contribution in [0.25, 0.3) is 0 Å². The largest absolute Gasteiger partial charge is 0.491 e. The van der Waals surface area contributed by atoms with Gasteiger partial charge in [-0.15, -0.1) is 0 Å². The molecule has 5 nitrogen and oxygen atoms in total. The number of nitrogens with zero attached hydrogens (tertiary/aromatic N) is 1. The van der Waals surface area contributed by atoms with Gasteiger partial charge in [0.1, 0.15) is 36.6 Å². The summed E-state index contributed by atoms with van der Waals surface area (Å²) in [4.78, 5) is 12.8. The Hall–Kier alpha value is -2.08. The molecule has 2 aromatic rings. The first-order valence-electron chi connectivity index (χ1n) is 9.61. The normalized spacial score (nSPS) is 18.0. The molecule has 1 aliphatic rings. The molecule has 1 heterocycles. The van der Waals surface area contributed by atoms with Crippen molar-refractivity contribution in [1.29, 1.82) is 0 Å². The van der Waals surface area contributed by atoms with Crippen LogP contribution in [0.2, 0.25) is 5.02 Å². The highest BCUT2D eigenvalue weighted by Gasteiger charge is 2.25. The number of likely N-dealkylation sites (tertiary alicyclic amines) is 1. The van der Waals surface area contributed by atoms with Crippen molar-refractivity contribution >= 4 is 17.9 Å². The average molecular weight is 404 g/mol. The molecule has 1 aliphatic heterocycles. The summed E-state index contributed by atoms with van der Waals surface area (Å²) in [6, 6.07) is 15.0. The number of aldehydes is 1. The van der Waals surface area contributed by atoms with E-state index in [-0.39, 0.29) is 12.7 Å². The van der Waals surface area contributed by atoms with Gasteiger partial charge in [-0.25, -0.2) is 0 Å². The van der Waals surface area contributed by atoms with Gasteiger partial charge in [-0.1, -0.05) is 29.8 Å². The summed E-state index contributed by atoms with van der Waals surface area (Å²) in [6.07, 6.45) is 2.45. The lowest BCUT2D eigenvalue weighted by Gasteiger charge is -2.21. The summed E-state index contributed by atoms with van der Waals surface area (Å²) in [6.45, 7) is 2.41. The number of aliphatic hydroxyl groups excluding tert-OH is 1. The molecule has 0 saturated carbocycles. The van der Waals surface area contributed by atoms with Crippen LogP contribution in [0.4, 0.5) is 0 Å². The number of para-hydroxylation sites is 1. The van der Waals surface area contributed by atoms with Gasteiger partial charge in [-0.3, -0.25) is 4.90 Å². The quantitative estimate of drug-likeness (QED) is 0.616. The minimum Gasteiger partial charge on any atom is -0.491 e. The molecule has 1 fully saturated rings. The maximum atomic E-state index is 10.6. The molecule has 2 aromatic carbocycles. The summed E-state index contributed by atoms with van der Waals surface area (Å²) in [5.74, 6) is 1.54. The fourth-order valence-corrected chi connectivity index (χ4v) is 3.49. The van der Waals surface area contributed by atoms with E-state index in [0.29, 0.717) is 24.4 Å². The van der Waals surface area contributed by atoms with Gasteiger partial charge in [0.2, 0.25) is 0 Å². The van der Waals surface area contributed by atoms with Crippen molar-refractivity contribution in [2.24, 2.45) is 0 Å². The Morgan fingerprint density at radius 1 is 1.21 bits per heavy atom. The number of benzene rings is 2. The van der Waals surface area contributed by atoms with Crippen LogP contribution < -0.4 is 9.47 Å². The molecular weight excluding hydrogens is 378 g/mol. The zero-order valence-corrected chi connectivity index (χ0v) is 16.6. The summed E-state index contributed by atoms with van der Waals surface area (Å²) in [7, 11) is 0. The fourth-order valence-electron chi connectivity index (χ4n) is 3.37. The standard InChI is InChI=1S/C22H26ClNO4/c23-18-7-9-20(10-8-18)28-21-11-12-24(15-21)14-19(26)16-27-22-6-2-1-4-17(22)5-3-13-25/h1-2,4,6-10,13,19,21,26H,3,5,11-12,14-16H2. The Labute approximate surface area is 170 Å². The van der Waals surface area contributed by atoms with Crippen molar-refractivity contribution in [2.45, 2.75) is 31.5 Å². The smallest absolute Gasteiger partial charge is 0.122 e. The minimum atomic E-state index is -0.589. The zero-order valence-electron chi connectivity index (χ0n) is 15.8. The summed E-state index contributed by atoms with van der Waals surface area (Å²) >= 11 is 5.90. The first kappa shape index (κ1) is 20.6. The molecule has 0 spiro atoms. The van der Waals surface area contributed by atoms with E-state index < -0.39 is 6.10 Å². The third-order valence-electron chi connectivity index (χ3n) is 4.75. The minimum absolute atomic E-state index is 0.110. The molecule has 0 bridgehead atoms. The lowest BCUT2D eigenvalue weighted by molar-refractivity contribution is -0.107. The number of hydrogen-bond donors (Lipinski definition) is 1. The van der Waals surface area contributed by atoms with Gasteiger partial charge in [0, 0.05) is 31.1 Å². The first-order chi connectivity index (χ1) is 13.6. The molecule has 2 atom stereocenters. The number of carbonyl (C=O) groups is 1. The van der Waals surface area contributed by atoms with Gasteiger partial charge in [-0.05, 0) is 48.7 Å². The van der Waals surface area contributed by atoms with Crippen LogP contribution in [-0.4, -0.2) is 54.7 Å². The van der Waals surface area contributed by atoms with Crippen molar-refractivity contribution < 1.29 is 19.4 Å². The van der Waals surface area contributed by atoms with E-state index in [1.165, 1.54) is 0 Å². The number of aryl methyl sites for hydroxylation is 1. The monoisotopic (exact) mass is 403 g/mol. The molecule has 0 radical (unpaired) electrons. The second-order valence-corrected chi connectivity index (χ2v) is 7.46. The van der Waals surface area contributed by atoms with E-state index >= 15 is 0 Å². The summed E-state index contributed by atoms with van der Waals surface area (Å²) in [5.41, 5.74) is 0.986. The molecule has 0 aliphatic carbocycles. The van der Waals surface area contributed by atoms with Crippen molar-refractivity contribution in [1.82, 2.24) is 4.90 Å². The number of aliphatic hydroxyl groups is 1. The zero-order chi connectivity index (χ0) is 19.8. The van der Waals surface area contributed by atoms with E-state index in [9.17, 15) is 9.90 Å². The van der Waals surface area contributed by atoms with Crippen LogP contribution in [0.3, 0.4) is 0 Å². The molecule has 150 valence electrons. The van der Waals surface area contributed by atoms with Crippen LogP contribution in [0.5, 0.6) is 11.5 Å². The Morgan fingerprint density at radius 2 is 2.00 bits per heavy atom. The molecule has 0 aromatic heterocycles. The Bertz CT molecular complexity index is 752. The second-order valence-electron chi connectivity index (χ2n) is 7.02. The maximum Gasteiger partial charge on any atom is 0.122 e. The molecule has 0 amide bonds. The first-order valence-corrected chi connectivity index (χ1v) is 9.99. The van der Waals surface area contributed by atoms with Gasteiger partial charge >= 0.3 is 0 Å². The fraction of sp³-hybridized carbons (Fsp3) is 0.409. The van der Waals surface area contributed by atoms with Gasteiger partial charge in [0.25, 0.3) is 0 Å². The predicted molar refractivity (Wildman–Crippen MR) is 109 cm³/mol. The number of halogens is 1. The van der Waals surface area contributed by atoms with Crippen LogP contribution in [0.1, 0.15) is 18.4 Å². The van der Waals surface area contributed by atoms with E-state index in [1.54, 1.807) is 0 Å². The lowest BCUT2D eigenvalue weighted by Crippen LogP contribution is -2.35. The van der Waals surface area contributed by atoms with Crippen LogP contribution in [-0.2, 0) is 11.2 Å². The van der Waals surface area contributed by atoms with E-state index in [4.69, 9.17) is 21.1 Å². The van der Waals surface area contributed by atoms with Crippen molar-refractivity contribution in [2.75, 3.05) is 26.2 Å². The Balaban J connectivity index is 1.42. The third-order valence-corrected chi connectivity index (χ3v) is 5.00. The van der Waals surface area contributed by atoms with Crippen LogP contribution >= 0.6 is 11.6 Å². The molecule has 1 saturated heterocycles. The van der Waals surface area contributed by atoms with Crippen molar-refractivity contribution in [3.63, 3.8) is 0 Å². The van der Waals surface area contributed by atoms with Gasteiger partial charge in [-0.2, -0.15) is 0 Å². The SMILES string of the molecule is O=CCCc1ccccc1OCC(O)CN1CCC(Oc2ccc(Cl)cc2)C1. The third kappa shape index (κ3) is 6.23. The van der Waals surface area contributed by atoms with Crippen LogP contribution in [0, 0.1) is 0 Å². The molecule has 2 unspecified atom stereocenters. The highest BCUT2D eigenvalue weighted by atomic mass is 35.5. The van der Waals surface area contributed by atoms with Crippen molar-refractivity contribution in [3.8, 4) is 11.5 Å². The summed E-state index contributed by atoms with van der Waals surface area (Å²) in [5, 5.41) is 11.1.